The molecule has 49 heavy (non-hydrogen) atoms. The van der Waals surface area contributed by atoms with E-state index in [9.17, 15) is 19.4 Å². The number of unbranched alkanes of at least 4 members (excludes halogenated alkanes) is 18. The molecular weight excluding hydrogens is 635 g/mol. The van der Waals surface area contributed by atoms with E-state index in [0.717, 1.165) is 44.9 Å². The molecule has 0 saturated carbocycles. The number of quaternary nitrogens is 1. The molecule has 0 saturated heterocycles. The van der Waals surface area contributed by atoms with E-state index in [1.165, 1.54) is 96.3 Å². The molecule has 0 aromatic heterocycles. The number of rotatable bonds is 35. The number of likely N-dealkylation sites (N-methyl/N-ethyl adjacent to an activating group) is 1. The van der Waals surface area contributed by atoms with Gasteiger partial charge in [-0.15, -0.1) is 0 Å². The second kappa shape index (κ2) is 32.6. The number of aliphatic hydroxyl groups excluding tert-OH is 1. The van der Waals surface area contributed by atoms with Crippen LogP contribution < -0.4 is 5.32 Å². The lowest BCUT2D eigenvalue weighted by Gasteiger charge is -2.25. The predicted molar refractivity (Wildman–Crippen MR) is 208 cm³/mol. The maximum atomic E-state index is 12.8. The molecule has 8 nitrogen and oxygen atoms in total. The van der Waals surface area contributed by atoms with Crippen LogP contribution in [0.4, 0.5) is 0 Å². The van der Waals surface area contributed by atoms with Gasteiger partial charge in [0.25, 0.3) is 0 Å². The minimum Gasteiger partial charge on any atom is -0.387 e. The fourth-order valence-corrected chi connectivity index (χ4v) is 6.10. The number of phosphoric acid groups is 1. The highest BCUT2D eigenvalue weighted by atomic mass is 31.2. The van der Waals surface area contributed by atoms with Crippen LogP contribution >= 0.6 is 7.82 Å². The van der Waals surface area contributed by atoms with Crippen LogP contribution in [0.2, 0.25) is 0 Å². The van der Waals surface area contributed by atoms with Gasteiger partial charge in [0.05, 0.1) is 39.9 Å². The Balaban J connectivity index is 4.60. The maximum absolute atomic E-state index is 12.8. The van der Waals surface area contributed by atoms with Crippen molar-refractivity contribution in [2.75, 3.05) is 40.9 Å². The van der Waals surface area contributed by atoms with E-state index in [2.05, 4.69) is 43.5 Å². The molecular formula is C40H78N2O6P+. The first-order chi connectivity index (χ1) is 23.5. The monoisotopic (exact) mass is 714 g/mol. The van der Waals surface area contributed by atoms with E-state index in [0.29, 0.717) is 17.4 Å². The third-order valence-corrected chi connectivity index (χ3v) is 9.57. The van der Waals surface area contributed by atoms with Crippen LogP contribution in [0.15, 0.2) is 36.5 Å². The molecule has 1 amide bonds. The topological polar surface area (TPSA) is 105 Å². The molecule has 0 aliphatic carbocycles. The molecule has 3 N–H and O–H groups in total. The summed E-state index contributed by atoms with van der Waals surface area (Å²) in [5.41, 5.74) is 0. The average Bonchev–Trinajstić information content (AvgIpc) is 3.04. The summed E-state index contributed by atoms with van der Waals surface area (Å²) in [7, 11) is 1.54. The van der Waals surface area contributed by atoms with Crippen molar-refractivity contribution in [1.82, 2.24) is 5.32 Å². The van der Waals surface area contributed by atoms with E-state index < -0.39 is 20.0 Å². The second-order valence-corrected chi connectivity index (χ2v) is 16.1. The Morgan fingerprint density at radius 3 is 1.63 bits per heavy atom. The Bertz CT molecular complexity index is 902. The lowest BCUT2D eigenvalue weighted by molar-refractivity contribution is -0.870. The van der Waals surface area contributed by atoms with E-state index in [4.69, 9.17) is 9.05 Å². The molecule has 3 atom stereocenters. The maximum Gasteiger partial charge on any atom is 0.472 e. The van der Waals surface area contributed by atoms with Gasteiger partial charge in [-0.25, -0.2) is 4.57 Å². The number of amides is 1. The van der Waals surface area contributed by atoms with Crippen LogP contribution in [0.1, 0.15) is 162 Å². The molecule has 0 fully saturated rings. The molecule has 0 spiro atoms. The normalized spacial score (nSPS) is 15.0. The number of allylic oxidation sites excluding steroid dienone is 5. The standard InChI is InChI=1S/C40H77N2O6P/c1-6-8-10-12-14-16-18-20-21-22-23-25-27-29-31-33-39(43)38(37-48-49(45,46)47-36-35-42(3,4)5)41-40(44)34-32-30-28-26-24-19-17-15-13-11-9-7-2/h18,20,23,25,31,33,38-39,43H,6-17,19,21-22,24,26-30,32,34-37H2,1-5H3,(H-,41,44,45,46)/p+1/b20-18+,25-23+,33-31+. The van der Waals surface area contributed by atoms with Crippen LogP contribution in [0.3, 0.4) is 0 Å². The van der Waals surface area contributed by atoms with E-state index in [1.807, 2.05) is 27.2 Å². The first-order valence-electron chi connectivity index (χ1n) is 19.9. The van der Waals surface area contributed by atoms with Crippen LogP contribution in [0.5, 0.6) is 0 Å². The van der Waals surface area contributed by atoms with Crippen LogP contribution in [0, 0.1) is 0 Å². The summed E-state index contributed by atoms with van der Waals surface area (Å²) in [6.07, 6.45) is 37.8. The average molecular weight is 714 g/mol. The zero-order valence-corrected chi connectivity index (χ0v) is 33.3. The summed E-state index contributed by atoms with van der Waals surface area (Å²) in [6.45, 7) is 4.74. The fourth-order valence-electron chi connectivity index (χ4n) is 5.36. The van der Waals surface area contributed by atoms with Crippen LogP contribution in [-0.2, 0) is 18.4 Å². The van der Waals surface area contributed by atoms with Crippen molar-refractivity contribution in [3.05, 3.63) is 36.5 Å². The minimum atomic E-state index is -4.34. The predicted octanol–water partition coefficient (Wildman–Crippen LogP) is 10.4. The van der Waals surface area contributed by atoms with Crippen molar-refractivity contribution in [2.45, 2.75) is 174 Å². The van der Waals surface area contributed by atoms with Gasteiger partial charge >= 0.3 is 7.82 Å². The second-order valence-electron chi connectivity index (χ2n) is 14.6. The Labute approximate surface area is 302 Å². The van der Waals surface area contributed by atoms with Crippen molar-refractivity contribution in [2.24, 2.45) is 0 Å². The number of hydrogen-bond donors (Lipinski definition) is 3. The van der Waals surface area contributed by atoms with E-state index in [1.54, 1.807) is 6.08 Å². The van der Waals surface area contributed by atoms with Crippen LogP contribution in [0.25, 0.3) is 0 Å². The van der Waals surface area contributed by atoms with Gasteiger partial charge in [-0.2, -0.15) is 0 Å². The van der Waals surface area contributed by atoms with Gasteiger partial charge in [-0.1, -0.05) is 147 Å². The highest BCUT2D eigenvalue weighted by Gasteiger charge is 2.27. The summed E-state index contributed by atoms with van der Waals surface area (Å²) in [5.74, 6) is -0.194. The Hall–Kier alpha value is -1.28. The van der Waals surface area contributed by atoms with E-state index >= 15 is 0 Å². The zero-order chi connectivity index (χ0) is 36.5. The van der Waals surface area contributed by atoms with Gasteiger partial charge < -0.3 is 19.8 Å². The summed E-state index contributed by atoms with van der Waals surface area (Å²) in [5, 5.41) is 13.7. The number of phosphoric ester groups is 1. The molecule has 0 heterocycles. The molecule has 0 aromatic carbocycles. The quantitative estimate of drug-likeness (QED) is 0.0261. The Morgan fingerprint density at radius 1 is 0.673 bits per heavy atom. The number of aliphatic hydroxyl groups is 1. The van der Waals surface area contributed by atoms with Crippen LogP contribution in [-0.4, -0.2) is 73.4 Å². The highest BCUT2D eigenvalue weighted by Crippen LogP contribution is 2.43. The molecule has 0 aromatic rings. The van der Waals surface area contributed by atoms with Crippen molar-refractivity contribution in [3.63, 3.8) is 0 Å². The molecule has 0 rings (SSSR count). The highest BCUT2D eigenvalue weighted by molar-refractivity contribution is 7.47. The lowest BCUT2D eigenvalue weighted by Crippen LogP contribution is -2.45. The summed E-state index contributed by atoms with van der Waals surface area (Å²) in [6, 6.07) is -0.863. The fraction of sp³-hybridized carbons (Fsp3) is 0.825. The number of carbonyl (C=O) groups is 1. The molecule has 288 valence electrons. The number of hydrogen-bond acceptors (Lipinski definition) is 5. The van der Waals surface area contributed by atoms with Gasteiger partial charge in [0, 0.05) is 6.42 Å². The Kier molecular flexibility index (Phi) is 31.8. The minimum absolute atomic E-state index is 0.0542. The summed E-state index contributed by atoms with van der Waals surface area (Å²) in [4.78, 5) is 23.0. The largest absolute Gasteiger partial charge is 0.472 e. The molecule has 0 bridgehead atoms. The van der Waals surface area contributed by atoms with Crippen molar-refractivity contribution >= 4 is 13.7 Å². The molecule has 0 aliphatic rings. The molecule has 3 unspecified atom stereocenters. The van der Waals surface area contributed by atoms with Crippen molar-refractivity contribution < 1.29 is 32.9 Å². The third-order valence-electron chi connectivity index (χ3n) is 8.59. The van der Waals surface area contributed by atoms with Gasteiger partial charge in [0.15, 0.2) is 0 Å². The number of nitrogens with zero attached hydrogens (tertiary/aromatic N) is 1. The first-order valence-corrected chi connectivity index (χ1v) is 21.4. The van der Waals surface area contributed by atoms with Gasteiger partial charge in [-0.3, -0.25) is 13.8 Å². The number of nitrogens with one attached hydrogen (secondary N) is 1. The number of carbonyl (C=O) groups excluding carboxylic acids is 1. The first kappa shape index (κ1) is 47.7. The smallest absolute Gasteiger partial charge is 0.387 e. The molecule has 9 heteroatoms. The summed E-state index contributed by atoms with van der Waals surface area (Å²) >= 11 is 0. The van der Waals surface area contributed by atoms with Gasteiger partial charge in [0.2, 0.25) is 5.91 Å². The SMILES string of the molecule is CCCCCCC/C=C/CC/C=C/CC/C=C/C(O)C(COP(=O)(O)OCC[N+](C)(C)C)NC(=O)CCCCCCCCCCCCCC. The Morgan fingerprint density at radius 2 is 1.12 bits per heavy atom. The lowest BCUT2D eigenvalue weighted by atomic mass is 10.0. The van der Waals surface area contributed by atoms with Crippen molar-refractivity contribution in [1.29, 1.82) is 0 Å². The van der Waals surface area contributed by atoms with Gasteiger partial charge in [0.1, 0.15) is 13.2 Å². The molecule has 0 radical (unpaired) electrons. The van der Waals surface area contributed by atoms with Crippen molar-refractivity contribution in [3.8, 4) is 0 Å². The summed E-state index contributed by atoms with van der Waals surface area (Å²) < 4.78 is 23.4. The van der Waals surface area contributed by atoms with Gasteiger partial charge in [-0.05, 0) is 44.9 Å². The zero-order valence-electron chi connectivity index (χ0n) is 32.4. The third kappa shape index (κ3) is 34.9. The van der Waals surface area contributed by atoms with E-state index in [-0.39, 0.29) is 19.1 Å². The molecule has 0 aliphatic heterocycles.